The van der Waals surface area contributed by atoms with E-state index in [0.717, 1.165) is 12.1 Å². The van der Waals surface area contributed by atoms with Crippen LogP contribution in [0.15, 0.2) is 6.07 Å². The van der Waals surface area contributed by atoms with E-state index in [1.807, 2.05) is 20.8 Å². The highest BCUT2D eigenvalue weighted by atomic mass is 19.1. The first-order valence-electron chi connectivity index (χ1n) is 6.79. The molecule has 0 atom stereocenters. The van der Waals surface area contributed by atoms with Gasteiger partial charge in [0.2, 0.25) is 0 Å². The summed E-state index contributed by atoms with van der Waals surface area (Å²) in [6, 6.07) is 1.67. The Morgan fingerprint density at radius 1 is 1.40 bits per heavy atom. The Kier molecular flexibility index (Phi) is 3.99. The summed E-state index contributed by atoms with van der Waals surface area (Å²) in [6.07, 6.45) is 0.182. The van der Waals surface area contributed by atoms with E-state index in [9.17, 15) is 9.18 Å². The first-order chi connectivity index (χ1) is 9.28. The molecule has 0 saturated carbocycles. The molecule has 0 saturated heterocycles. The van der Waals surface area contributed by atoms with Crippen LogP contribution >= 0.6 is 0 Å². The molecule has 0 spiro atoms. The number of aryl methyl sites for hydroxylation is 1. The highest BCUT2D eigenvalue weighted by molar-refractivity contribution is 5.86. The fourth-order valence-corrected chi connectivity index (χ4v) is 2.32. The van der Waals surface area contributed by atoms with E-state index in [1.165, 1.54) is 0 Å². The van der Waals surface area contributed by atoms with Gasteiger partial charge in [0.1, 0.15) is 11.4 Å². The molecule has 0 bridgehead atoms. The number of halogens is 1. The predicted octanol–water partition coefficient (Wildman–Crippen LogP) is 3.13. The maximum absolute atomic E-state index is 14.1. The minimum absolute atomic E-state index is 0.193. The van der Waals surface area contributed by atoms with Gasteiger partial charge in [-0.25, -0.2) is 9.18 Å². The summed E-state index contributed by atoms with van der Waals surface area (Å²) in [5.74, 6) is -0.193. The van der Waals surface area contributed by atoms with Gasteiger partial charge in [0.05, 0.1) is 0 Å². The average Bonchev–Trinajstić information content (AvgIpc) is 2.33. The number of fused-ring (bicyclic) bond motifs is 1. The number of amides is 1. The SMILES string of the molecule is Cc1cc(NC(=O)OC(C)(C)C)c2c(c1F)CNCC2. The van der Waals surface area contributed by atoms with Gasteiger partial charge in [-0.05, 0) is 57.9 Å². The summed E-state index contributed by atoms with van der Waals surface area (Å²) in [7, 11) is 0. The Balaban J connectivity index is 2.28. The van der Waals surface area contributed by atoms with Gasteiger partial charge in [-0.15, -0.1) is 0 Å². The van der Waals surface area contributed by atoms with E-state index in [0.29, 0.717) is 29.8 Å². The van der Waals surface area contributed by atoms with Crippen LogP contribution in [0.25, 0.3) is 0 Å². The van der Waals surface area contributed by atoms with Gasteiger partial charge in [-0.3, -0.25) is 5.32 Å². The number of ether oxygens (including phenoxy) is 1. The van der Waals surface area contributed by atoms with Crippen LogP contribution in [0.2, 0.25) is 0 Å². The van der Waals surface area contributed by atoms with Crippen molar-refractivity contribution in [2.75, 3.05) is 11.9 Å². The largest absolute Gasteiger partial charge is 0.444 e. The second-order valence-corrected chi connectivity index (χ2v) is 6.07. The van der Waals surface area contributed by atoms with Crippen LogP contribution in [-0.4, -0.2) is 18.2 Å². The van der Waals surface area contributed by atoms with Crippen molar-refractivity contribution < 1.29 is 13.9 Å². The summed E-state index contributed by atoms with van der Waals surface area (Å²) < 4.78 is 19.3. The van der Waals surface area contributed by atoms with Crippen molar-refractivity contribution in [1.29, 1.82) is 0 Å². The molecule has 2 rings (SSSR count). The third-order valence-corrected chi connectivity index (χ3v) is 3.15. The fraction of sp³-hybridized carbons (Fsp3) is 0.533. The molecule has 2 N–H and O–H groups in total. The molecule has 0 aromatic heterocycles. The molecule has 5 heteroatoms. The summed E-state index contributed by atoms with van der Waals surface area (Å²) in [4.78, 5) is 11.9. The molecule has 1 aromatic carbocycles. The maximum Gasteiger partial charge on any atom is 0.412 e. The van der Waals surface area contributed by atoms with Crippen molar-refractivity contribution in [2.45, 2.75) is 46.3 Å². The summed E-state index contributed by atoms with van der Waals surface area (Å²) in [5, 5.41) is 5.88. The molecule has 0 aliphatic carbocycles. The second-order valence-electron chi connectivity index (χ2n) is 6.07. The smallest absolute Gasteiger partial charge is 0.412 e. The van der Waals surface area contributed by atoms with Crippen molar-refractivity contribution in [3.63, 3.8) is 0 Å². The Morgan fingerprint density at radius 3 is 2.75 bits per heavy atom. The number of benzene rings is 1. The molecule has 4 nitrogen and oxygen atoms in total. The van der Waals surface area contributed by atoms with Crippen molar-refractivity contribution in [3.8, 4) is 0 Å². The number of nitrogens with one attached hydrogen (secondary N) is 2. The molecule has 1 aromatic rings. The van der Waals surface area contributed by atoms with Crippen LogP contribution in [-0.2, 0) is 17.7 Å². The summed E-state index contributed by atoms with van der Waals surface area (Å²) in [5.41, 5.74) is 2.12. The topological polar surface area (TPSA) is 50.4 Å². The molecule has 110 valence electrons. The lowest BCUT2D eigenvalue weighted by Gasteiger charge is -2.24. The Bertz CT molecular complexity index is 536. The number of rotatable bonds is 1. The standard InChI is InChI=1S/C15H21FN2O2/c1-9-7-12(18-14(19)20-15(2,3)4)10-5-6-17-8-11(10)13(9)16/h7,17H,5-6,8H2,1-4H3,(H,18,19). The zero-order valence-electron chi connectivity index (χ0n) is 12.4. The van der Waals surface area contributed by atoms with Crippen molar-refractivity contribution >= 4 is 11.8 Å². The van der Waals surface area contributed by atoms with Gasteiger partial charge in [-0.2, -0.15) is 0 Å². The van der Waals surface area contributed by atoms with Gasteiger partial charge in [-0.1, -0.05) is 0 Å². The molecule has 20 heavy (non-hydrogen) atoms. The highest BCUT2D eigenvalue weighted by Crippen LogP contribution is 2.28. The van der Waals surface area contributed by atoms with Crippen molar-refractivity contribution in [1.82, 2.24) is 5.32 Å². The lowest BCUT2D eigenvalue weighted by Crippen LogP contribution is -2.30. The molecule has 1 aliphatic rings. The molecule has 1 amide bonds. The minimum Gasteiger partial charge on any atom is -0.444 e. The quantitative estimate of drug-likeness (QED) is 0.831. The lowest BCUT2D eigenvalue weighted by atomic mass is 9.96. The summed E-state index contributed by atoms with van der Waals surface area (Å²) in [6.45, 7) is 8.39. The molecular formula is C15H21FN2O2. The zero-order valence-corrected chi connectivity index (χ0v) is 12.4. The average molecular weight is 280 g/mol. The molecule has 1 aliphatic heterocycles. The van der Waals surface area contributed by atoms with Gasteiger partial charge in [0.15, 0.2) is 0 Å². The maximum atomic E-state index is 14.1. The van der Waals surface area contributed by atoms with Crippen LogP contribution in [0, 0.1) is 12.7 Å². The zero-order chi connectivity index (χ0) is 14.9. The van der Waals surface area contributed by atoms with Gasteiger partial charge in [0, 0.05) is 17.8 Å². The monoisotopic (exact) mass is 280 g/mol. The Morgan fingerprint density at radius 2 is 2.10 bits per heavy atom. The first-order valence-corrected chi connectivity index (χ1v) is 6.79. The molecule has 0 fully saturated rings. The number of hydrogen-bond donors (Lipinski definition) is 2. The van der Waals surface area contributed by atoms with E-state index in [1.54, 1.807) is 13.0 Å². The summed E-state index contributed by atoms with van der Waals surface area (Å²) >= 11 is 0. The third-order valence-electron chi connectivity index (χ3n) is 3.15. The second kappa shape index (κ2) is 5.40. The van der Waals surface area contributed by atoms with Gasteiger partial charge < -0.3 is 10.1 Å². The molecular weight excluding hydrogens is 259 g/mol. The van der Waals surface area contributed by atoms with E-state index in [4.69, 9.17) is 4.74 Å². The molecule has 0 unspecified atom stereocenters. The minimum atomic E-state index is -0.555. The van der Waals surface area contributed by atoms with Crippen LogP contribution in [0.4, 0.5) is 14.9 Å². The van der Waals surface area contributed by atoms with Gasteiger partial charge >= 0.3 is 6.09 Å². The van der Waals surface area contributed by atoms with Crippen molar-refractivity contribution in [2.24, 2.45) is 0 Å². The van der Waals surface area contributed by atoms with Crippen LogP contribution in [0.1, 0.15) is 37.5 Å². The molecule has 0 radical (unpaired) electrons. The molecule has 1 heterocycles. The van der Waals surface area contributed by atoms with Crippen LogP contribution < -0.4 is 10.6 Å². The van der Waals surface area contributed by atoms with Crippen molar-refractivity contribution in [3.05, 3.63) is 28.6 Å². The fourth-order valence-electron chi connectivity index (χ4n) is 2.32. The number of carbonyl (C=O) groups excluding carboxylic acids is 1. The van der Waals surface area contributed by atoms with E-state index in [-0.39, 0.29) is 5.82 Å². The van der Waals surface area contributed by atoms with E-state index >= 15 is 0 Å². The van der Waals surface area contributed by atoms with Crippen LogP contribution in [0.5, 0.6) is 0 Å². The lowest BCUT2D eigenvalue weighted by molar-refractivity contribution is 0.0635. The normalized spacial score (nSPS) is 14.7. The number of carbonyl (C=O) groups is 1. The Hall–Kier alpha value is -1.62. The van der Waals surface area contributed by atoms with E-state index < -0.39 is 11.7 Å². The first kappa shape index (κ1) is 14.8. The van der Waals surface area contributed by atoms with Gasteiger partial charge in [0.25, 0.3) is 0 Å². The van der Waals surface area contributed by atoms with Crippen LogP contribution in [0.3, 0.4) is 0 Å². The van der Waals surface area contributed by atoms with E-state index in [2.05, 4.69) is 10.6 Å². The number of anilines is 1. The number of hydrogen-bond acceptors (Lipinski definition) is 3. The Labute approximate surface area is 118 Å². The highest BCUT2D eigenvalue weighted by Gasteiger charge is 2.22. The predicted molar refractivity (Wildman–Crippen MR) is 76.4 cm³/mol. The third kappa shape index (κ3) is 3.28.